The predicted molar refractivity (Wildman–Crippen MR) is 109 cm³/mol. The van der Waals surface area contributed by atoms with Crippen LogP contribution < -0.4 is 0 Å². The van der Waals surface area contributed by atoms with E-state index in [1.807, 2.05) is 4.90 Å². The molecule has 0 N–H and O–H groups in total. The first-order valence-electron chi connectivity index (χ1n) is 10.9. The van der Waals surface area contributed by atoms with Crippen LogP contribution in [0.2, 0.25) is 0 Å². The van der Waals surface area contributed by atoms with Crippen LogP contribution in [0.5, 0.6) is 0 Å². The van der Waals surface area contributed by atoms with E-state index < -0.39 is 0 Å². The van der Waals surface area contributed by atoms with Crippen LogP contribution in [-0.2, 0) is 16.1 Å². The lowest BCUT2D eigenvalue weighted by Crippen LogP contribution is -2.42. The van der Waals surface area contributed by atoms with Crippen molar-refractivity contribution in [3.8, 4) is 11.6 Å². The molecule has 4 heterocycles. The van der Waals surface area contributed by atoms with Crippen LogP contribution in [0.1, 0.15) is 44.9 Å². The molecule has 0 aromatic carbocycles. The maximum Gasteiger partial charge on any atom is 0.278 e. The van der Waals surface area contributed by atoms with Gasteiger partial charge in [-0.05, 0) is 51.2 Å². The van der Waals surface area contributed by atoms with E-state index in [4.69, 9.17) is 9.26 Å². The average Bonchev–Trinajstić information content (AvgIpc) is 3.28. The zero-order chi connectivity index (χ0) is 20.8. The van der Waals surface area contributed by atoms with Gasteiger partial charge in [-0.3, -0.25) is 9.78 Å². The second-order valence-electron chi connectivity index (χ2n) is 8.08. The Kier molecular flexibility index (Phi) is 7.01. The largest absolute Gasteiger partial charge is 0.370 e. The summed E-state index contributed by atoms with van der Waals surface area (Å²) < 4.78 is 11.2. The zero-order valence-corrected chi connectivity index (χ0v) is 17.6. The molecular weight excluding hydrogens is 384 g/mol. The molecule has 2 aliphatic heterocycles. The molecule has 2 aliphatic rings. The molecule has 0 atom stereocenters. The highest BCUT2D eigenvalue weighted by molar-refractivity contribution is 5.76. The number of carbonyl (C=O) groups is 1. The first kappa shape index (κ1) is 20.9. The number of piperidine rings is 2. The van der Waals surface area contributed by atoms with Crippen molar-refractivity contribution in [1.82, 2.24) is 29.9 Å². The lowest BCUT2D eigenvalue weighted by molar-refractivity contribution is -0.135. The molecule has 0 saturated carbocycles. The summed E-state index contributed by atoms with van der Waals surface area (Å²) in [7, 11) is 0. The van der Waals surface area contributed by atoms with Crippen molar-refractivity contribution in [2.45, 2.75) is 51.7 Å². The molecule has 2 fully saturated rings. The summed E-state index contributed by atoms with van der Waals surface area (Å²) in [6.45, 7) is 7.37. The van der Waals surface area contributed by atoms with Crippen molar-refractivity contribution in [1.29, 1.82) is 0 Å². The van der Waals surface area contributed by atoms with E-state index in [1.165, 1.54) is 0 Å². The third-order valence-electron chi connectivity index (χ3n) is 6.11. The number of nitrogens with zero attached hydrogens (tertiary/aromatic N) is 6. The molecule has 30 heavy (non-hydrogen) atoms. The minimum atomic E-state index is 0.111. The molecule has 162 valence electrons. The maximum atomic E-state index is 12.7. The number of likely N-dealkylation sites (tertiary alicyclic amines) is 2. The first-order chi connectivity index (χ1) is 14.7. The van der Waals surface area contributed by atoms with E-state index in [1.54, 1.807) is 18.6 Å². The van der Waals surface area contributed by atoms with E-state index in [0.29, 0.717) is 42.3 Å². The third-order valence-corrected chi connectivity index (χ3v) is 6.11. The van der Waals surface area contributed by atoms with Gasteiger partial charge in [0, 0.05) is 31.9 Å². The van der Waals surface area contributed by atoms with Gasteiger partial charge >= 0.3 is 0 Å². The minimum Gasteiger partial charge on any atom is -0.370 e. The number of ether oxygens (including phenoxy) is 1. The molecule has 2 aromatic heterocycles. The summed E-state index contributed by atoms with van der Waals surface area (Å²) in [5, 5.41) is 3.95. The molecule has 0 aliphatic carbocycles. The quantitative estimate of drug-likeness (QED) is 0.680. The monoisotopic (exact) mass is 414 g/mol. The second-order valence-corrected chi connectivity index (χ2v) is 8.08. The van der Waals surface area contributed by atoms with Crippen molar-refractivity contribution < 1.29 is 14.1 Å². The van der Waals surface area contributed by atoms with Crippen LogP contribution in [-0.4, -0.2) is 74.6 Å². The van der Waals surface area contributed by atoms with Crippen LogP contribution in [0.25, 0.3) is 11.6 Å². The standard InChI is InChI=1S/C21H30N6O3/c1-2-26-9-3-16(4-10-26)13-20(28)27-11-5-17(6-12-27)29-15-19-24-21(30-25-19)18-14-22-7-8-23-18/h7-8,14,16-17H,2-6,9-13,15H2,1H3. The Morgan fingerprint density at radius 1 is 1.17 bits per heavy atom. The SMILES string of the molecule is CCN1CCC(CC(=O)N2CCC(OCc3noc(-c4cnccn4)n3)CC2)CC1. The third kappa shape index (κ3) is 5.40. The Morgan fingerprint density at radius 2 is 1.97 bits per heavy atom. The number of carbonyl (C=O) groups excluding carboxylic acids is 1. The van der Waals surface area contributed by atoms with Crippen molar-refractivity contribution in [2.75, 3.05) is 32.7 Å². The summed E-state index contributed by atoms with van der Waals surface area (Å²) in [6.07, 6.45) is 9.52. The van der Waals surface area contributed by atoms with Crippen molar-refractivity contribution in [3.05, 3.63) is 24.4 Å². The smallest absolute Gasteiger partial charge is 0.278 e. The fourth-order valence-electron chi connectivity index (χ4n) is 4.17. The lowest BCUT2D eigenvalue weighted by atomic mass is 9.92. The summed E-state index contributed by atoms with van der Waals surface area (Å²) in [6, 6.07) is 0. The molecule has 0 spiro atoms. The topological polar surface area (TPSA) is 97.5 Å². The van der Waals surface area contributed by atoms with Gasteiger partial charge in [-0.2, -0.15) is 4.98 Å². The van der Waals surface area contributed by atoms with Gasteiger partial charge in [-0.1, -0.05) is 12.1 Å². The van der Waals surface area contributed by atoms with E-state index in [2.05, 4.69) is 31.9 Å². The van der Waals surface area contributed by atoms with Crippen LogP contribution >= 0.6 is 0 Å². The van der Waals surface area contributed by atoms with Gasteiger partial charge in [0.05, 0.1) is 12.3 Å². The number of aromatic nitrogens is 4. The first-order valence-corrected chi connectivity index (χ1v) is 10.9. The summed E-state index contributed by atoms with van der Waals surface area (Å²) in [5.74, 6) is 1.67. The van der Waals surface area contributed by atoms with Crippen LogP contribution in [0, 0.1) is 5.92 Å². The highest BCUT2D eigenvalue weighted by atomic mass is 16.5. The van der Waals surface area contributed by atoms with E-state index in [9.17, 15) is 4.79 Å². The number of hydrogen-bond donors (Lipinski definition) is 0. The molecule has 9 nitrogen and oxygen atoms in total. The molecule has 0 radical (unpaired) electrons. The van der Waals surface area contributed by atoms with Gasteiger partial charge in [0.1, 0.15) is 12.3 Å². The molecular formula is C21H30N6O3. The van der Waals surface area contributed by atoms with Gasteiger partial charge in [0.15, 0.2) is 5.82 Å². The zero-order valence-electron chi connectivity index (χ0n) is 17.6. The van der Waals surface area contributed by atoms with E-state index in [-0.39, 0.29) is 6.10 Å². The minimum absolute atomic E-state index is 0.111. The summed E-state index contributed by atoms with van der Waals surface area (Å²) in [4.78, 5) is 29.6. The van der Waals surface area contributed by atoms with E-state index >= 15 is 0 Å². The Morgan fingerprint density at radius 3 is 2.67 bits per heavy atom. The summed E-state index contributed by atoms with van der Waals surface area (Å²) >= 11 is 0. The van der Waals surface area contributed by atoms with Crippen LogP contribution in [0.4, 0.5) is 0 Å². The highest BCUT2D eigenvalue weighted by Gasteiger charge is 2.27. The molecule has 1 amide bonds. The average molecular weight is 415 g/mol. The van der Waals surface area contributed by atoms with Crippen molar-refractivity contribution in [3.63, 3.8) is 0 Å². The fourth-order valence-corrected chi connectivity index (χ4v) is 4.17. The van der Waals surface area contributed by atoms with Crippen molar-refractivity contribution in [2.24, 2.45) is 5.92 Å². The molecule has 9 heteroatoms. The Hall–Kier alpha value is -2.39. The Balaban J connectivity index is 1.17. The van der Waals surface area contributed by atoms with Crippen LogP contribution in [0.3, 0.4) is 0 Å². The Bertz CT molecular complexity index is 798. The van der Waals surface area contributed by atoms with Gasteiger partial charge in [0.25, 0.3) is 5.89 Å². The maximum absolute atomic E-state index is 12.7. The fraction of sp³-hybridized carbons (Fsp3) is 0.667. The lowest BCUT2D eigenvalue weighted by Gasteiger charge is -2.34. The summed E-state index contributed by atoms with van der Waals surface area (Å²) in [5.41, 5.74) is 0.545. The van der Waals surface area contributed by atoms with Crippen molar-refractivity contribution >= 4 is 5.91 Å². The predicted octanol–water partition coefficient (Wildman–Crippen LogP) is 2.16. The molecule has 2 aromatic rings. The van der Waals surface area contributed by atoms with E-state index in [0.717, 1.165) is 58.4 Å². The Labute approximate surface area is 176 Å². The molecule has 4 rings (SSSR count). The highest BCUT2D eigenvalue weighted by Crippen LogP contribution is 2.23. The number of hydrogen-bond acceptors (Lipinski definition) is 8. The molecule has 2 saturated heterocycles. The number of amides is 1. The van der Waals surface area contributed by atoms with Gasteiger partial charge in [-0.25, -0.2) is 4.98 Å². The number of rotatable bonds is 7. The normalized spacial score (nSPS) is 19.3. The second kappa shape index (κ2) is 10.1. The van der Waals surface area contributed by atoms with Gasteiger partial charge < -0.3 is 19.1 Å². The molecule has 0 unspecified atom stereocenters. The van der Waals surface area contributed by atoms with Gasteiger partial charge in [0.2, 0.25) is 5.91 Å². The van der Waals surface area contributed by atoms with Crippen LogP contribution in [0.15, 0.2) is 23.1 Å². The van der Waals surface area contributed by atoms with Gasteiger partial charge in [-0.15, -0.1) is 0 Å². The molecule has 0 bridgehead atoms.